The lowest BCUT2D eigenvalue weighted by Crippen LogP contribution is -2.34. The average molecular weight is 549 g/mol. The number of carbonyl (C=O) groups excluding carboxylic acids is 3. The van der Waals surface area contributed by atoms with Crippen LogP contribution < -0.4 is 14.8 Å². The second-order valence-corrected chi connectivity index (χ2v) is 10.2. The number of benzene rings is 2. The van der Waals surface area contributed by atoms with Gasteiger partial charge in [0, 0.05) is 25.2 Å². The van der Waals surface area contributed by atoms with Crippen molar-refractivity contribution < 1.29 is 28.3 Å². The summed E-state index contributed by atoms with van der Waals surface area (Å²) in [4.78, 5) is 39.9. The Morgan fingerprint density at radius 2 is 1.72 bits per heavy atom. The molecule has 11 heteroatoms. The molecule has 3 aromatic rings. The second kappa shape index (κ2) is 12.3. The number of nitrogens with zero attached hydrogens (tertiary/aromatic N) is 3. The van der Waals surface area contributed by atoms with Crippen molar-refractivity contribution in [1.29, 1.82) is 0 Å². The number of likely N-dealkylation sites (tertiary alicyclic amines) is 1. The van der Waals surface area contributed by atoms with Crippen LogP contribution in [0.5, 0.6) is 11.5 Å². The molecular formula is C28H28N4O6S. The van der Waals surface area contributed by atoms with E-state index in [1.54, 1.807) is 18.4 Å². The van der Waals surface area contributed by atoms with Crippen molar-refractivity contribution in [2.24, 2.45) is 5.92 Å². The highest BCUT2D eigenvalue weighted by atomic mass is 32.2. The number of thioether (sulfide) groups is 1. The molecular weight excluding hydrogens is 520 g/mol. The van der Waals surface area contributed by atoms with Gasteiger partial charge in [-0.2, -0.15) is 0 Å². The number of ether oxygens (including phenoxy) is 2. The van der Waals surface area contributed by atoms with Crippen molar-refractivity contribution in [3.05, 3.63) is 66.1 Å². The number of rotatable bonds is 8. The summed E-state index contributed by atoms with van der Waals surface area (Å²) >= 11 is 1.31. The lowest BCUT2D eigenvalue weighted by molar-refractivity contribution is -0.133. The number of aromatic nitrogens is 2. The quantitative estimate of drug-likeness (QED) is 0.252. The third-order valence-electron chi connectivity index (χ3n) is 6.70. The number of nitrogens with one attached hydrogen (secondary N) is 1. The van der Waals surface area contributed by atoms with Crippen LogP contribution in [0.25, 0.3) is 11.5 Å². The van der Waals surface area contributed by atoms with E-state index in [2.05, 4.69) is 44.7 Å². The Hall–Kier alpha value is -3.96. The maximum Gasteiger partial charge on any atom is 0.336 e. The minimum atomic E-state index is -0.754. The van der Waals surface area contributed by atoms with Crippen LogP contribution in [0, 0.1) is 5.92 Å². The zero-order valence-corrected chi connectivity index (χ0v) is 22.2. The van der Waals surface area contributed by atoms with Crippen LogP contribution in [0.2, 0.25) is 0 Å². The van der Waals surface area contributed by atoms with Crippen LogP contribution in [0.1, 0.15) is 35.5 Å². The number of piperidine rings is 1. The Morgan fingerprint density at radius 3 is 2.44 bits per heavy atom. The lowest BCUT2D eigenvalue weighted by atomic mass is 9.93. The van der Waals surface area contributed by atoms with Crippen LogP contribution in [0.15, 0.2) is 63.9 Å². The second-order valence-electron chi connectivity index (χ2n) is 9.31. The van der Waals surface area contributed by atoms with Crippen molar-refractivity contribution in [2.75, 3.05) is 25.9 Å². The zero-order valence-electron chi connectivity index (χ0n) is 21.4. The molecule has 1 N–H and O–H groups in total. The lowest BCUT2D eigenvalue weighted by Gasteiger charge is -2.32. The van der Waals surface area contributed by atoms with Gasteiger partial charge in [-0.25, -0.2) is 9.59 Å². The molecule has 202 valence electrons. The summed E-state index contributed by atoms with van der Waals surface area (Å²) in [6, 6.07) is 13.8. The Morgan fingerprint density at radius 1 is 1.00 bits per heavy atom. The minimum Gasteiger partial charge on any atom is -0.418 e. The summed E-state index contributed by atoms with van der Waals surface area (Å²) in [6.07, 6.45) is 6.80. The van der Waals surface area contributed by atoms with Crippen LogP contribution in [0.4, 0.5) is 0 Å². The molecule has 39 heavy (non-hydrogen) atoms. The van der Waals surface area contributed by atoms with Crippen LogP contribution in [0.3, 0.4) is 0 Å². The molecule has 0 bridgehead atoms. The monoisotopic (exact) mass is 548 g/mol. The molecule has 2 aliphatic rings. The van der Waals surface area contributed by atoms with Gasteiger partial charge in [-0.3, -0.25) is 9.69 Å². The van der Waals surface area contributed by atoms with Crippen molar-refractivity contribution in [3.8, 4) is 23.0 Å². The fourth-order valence-corrected chi connectivity index (χ4v) is 5.17. The highest BCUT2D eigenvalue weighted by Crippen LogP contribution is 2.44. The maximum atomic E-state index is 12.7. The van der Waals surface area contributed by atoms with Crippen molar-refractivity contribution in [1.82, 2.24) is 20.4 Å². The predicted molar refractivity (Wildman–Crippen MR) is 143 cm³/mol. The van der Waals surface area contributed by atoms with E-state index in [9.17, 15) is 14.4 Å². The number of amides is 1. The molecule has 0 atom stereocenters. The molecule has 3 heterocycles. The number of esters is 2. The summed E-state index contributed by atoms with van der Waals surface area (Å²) in [5.74, 6) is -1.62. The van der Waals surface area contributed by atoms with Gasteiger partial charge in [-0.15, -0.1) is 22.0 Å². The third kappa shape index (κ3) is 6.55. The third-order valence-corrected chi connectivity index (χ3v) is 7.46. The fourth-order valence-electron chi connectivity index (χ4n) is 4.64. The molecule has 2 aliphatic heterocycles. The molecule has 0 spiro atoms. The molecule has 5 rings (SSSR count). The Labute approximate surface area is 229 Å². The molecule has 1 fully saturated rings. The molecule has 0 saturated carbocycles. The van der Waals surface area contributed by atoms with Crippen LogP contribution in [-0.2, 0) is 16.1 Å². The topological polar surface area (TPSA) is 124 Å². The first-order valence-corrected chi connectivity index (χ1v) is 13.9. The first-order chi connectivity index (χ1) is 19.0. The molecule has 0 radical (unpaired) electrons. The van der Waals surface area contributed by atoms with Crippen LogP contribution >= 0.6 is 11.8 Å². The highest BCUT2D eigenvalue weighted by Gasteiger charge is 2.27. The van der Waals surface area contributed by atoms with Gasteiger partial charge in [0.25, 0.3) is 5.89 Å². The average Bonchev–Trinajstić information content (AvgIpc) is 3.44. The number of hydrogen-bond donors (Lipinski definition) is 1. The van der Waals surface area contributed by atoms with Gasteiger partial charge in [0.2, 0.25) is 0 Å². The first-order valence-electron chi connectivity index (χ1n) is 12.7. The summed E-state index contributed by atoms with van der Waals surface area (Å²) in [5, 5.41) is 10.7. The molecule has 0 aliphatic carbocycles. The van der Waals surface area contributed by atoms with E-state index in [4.69, 9.17) is 13.9 Å². The summed E-state index contributed by atoms with van der Waals surface area (Å²) in [6.45, 7) is 3.54. The maximum absolute atomic E-state index is 12.7. The van der Waals surface area contributed by atoms with Gasteiger partial charge in [0.15, 0.2) is 11.5 Å². The van der Waals surface area contributed by atoms with E-state index in [0.717, 1.165) is 51.0 Å². The Kier molecular flexibility index (Phi) is 8.38. The van der Waals surface area contributed by atoms with Gasteiger partial charge < -0.3 is 19.2 Å². The molecule has 1 amide bonds. The summed E-state index contributed by atoms with van der Waals surface area (Å²) < 4.78 is 16.4. The summed E-state index contributed by atoms with van der Waals surface area (Å²) in [5.41, 5.74) is 1.55. The Bertz CT molecular complexity index is 1380. The number of hydrogen-bond acceptors (Lipinski definition) is 10. The fraction of sp³-hybridized carbons (Fsp3) is 0.321. The molecule has 10 nitrogen and oxygen atoms in total. The normalized spacial score (nSPS) is 16.9. The standard InChI is InChI=1S/C28H28N4O6S/c1-39-21-8-7-20(24-25(21)37-23(34)10-9-22(33)36-24)27-30-31-28(38-27)26(35)29-14-11-18-12-15-32(16-13-18)17-19-5-3-2-4-6-19/h2-10,18H,11-17H2,1H3,(H,29,35)/b10-9+. The van der Waals surface area contributed by atoms with Gasteiger partial charge >= 0.3 is 23.7 Å². The first kappa shape index (κ1) is 26.6. The van der Waals surface area contributed by atoms with E-state index in [1.165, 1.54) is 17.3 Å². The molecule has 1 saturated heterocycles. The molecule has 0 unspecified atom stereocenters. The van der Waals surface area contributed by atoms with E-state index < -0.39 is 17.8 Å². The van der Waals surface area contributed by atoms with E-state index in [1.807, 2.05) is 6.07 Å². The van der Waals surface area contributed by atoms with E-state index in [0.29, 0.717) is 17.4 Å². The van der Waals surface area contributed by atoms with E-state index >= 15 is 0 Å². The van der Waals surface area contributed by atoms with Gasteiger partial charge in [-0.05, 0) is 62.2 Å². The van der Waals surface area contributed by atoms with Crippen molar-refractivity contribution in [2.45, 2.75) is 30.7 Å². The smallest absolute Gasteiger partial charge is 0.336 e. The number of carbonyl (C=O) groups is 3. The Balaban J connectivity index is 1.17. The van der Waals surface area contributed by atoms with E-state index in [-0.39, 0.29) is 28.8 Å². The number of fused-ring (bicyclic) bond motifs is 1. The largest absolute Gasteiger partial charge is 0.418 e. The summed E-state index contributed by atoms with van der Waals surface area (Å²) in [7, 11) is 0. The minimum absolute atomic E-state index is 0.0289. The van der Waals surface area contributed by atoms with Crippen molar-refractivity contribution in [3.63, 3.8) is 0 Å². The predicted octanol–water partition coefficient (Wildman–Crippen LogP) is 3.87. The van der Waals surface area contributed by atoms with Gasteiger partial charge in [0.1, 0.15) is 0 Å². The molecule has 1 aromatic heterocycles. The highest BCUT2D eigenvalue weighted by molar-refractivity contribution is 7.98. The van der Waals surface area contributed by atoms with Gasteiger partial charge in [-0.1, -0.05) is 30.3 Å². The SMILES string of the molecule is CSc1ccc(-c2nnc(C(=O)NCCC3CCN(Cc4ccccc4)CC3)o2)c2c1OC(=O)/C=C/C(=O)O2. The van der Waals surface area contributed by atoms with Gasteiger partial charge in [0.05, 0.1) is 10.5 Å². The van der Waals surface area contributed by atoms with Crippen LogP contribution in [-0.4, -0.2) is 58.8 Å². The molecule has 2 aromatic carbocycles. The zero-order chi connectivity index (χ0) is 27.2. The van der Waals surface area contributed by atoms with Crippen molar-refractivity contribution >= 4 is 29.6 Å².